The molecule has 1 heterocycles. The van der Waals surface area contributed by atoms with Crippen LogP contribution in [0.15, 0.2) is 58.5 Å². The molecule has 0 atom stereocenters. The second kappa shape index (κ2) is 9.20. The van der Waals surface area contributed by atoms with E-state index in [9.17, 15) is 9.59 Å². The van der Waals surface area contributed by atoms with Gasteiger partial charge in [-0.1, -0.05) is 24.3 Å². The van der Waals surface area contributed by atoms with Crippen molar-refractivity contribution >= 4 is 40.8 Å². The Kier molecular flexibility index (Phi) is 6.46. The van der Waals surface area contributed by atoms with E-state index in [-0.39, 0.29) is 17.2 Å². The number of methoxy groups -OCH3 is 1. The number of aromatic carboxylic acids is 1. The average molecular weight is 409 g/mol. The Morgan fingerprint density at radius 2 is 2.00 bits per heavy atom. The highest BCUT2D eigenvalue weighted by Crippen LogP contribution is 2.32. The van der Waals surface area contributed by atoms with Crippen LogP contribution < -0.4 is 10.2 Å². The van der Waals surface area contributed by atoms with Crippen LogP contribution in [-0.4, -0.2) is 41.0 Å². The number of nitrogens with zero attached hydrogens (tertiary/aromatic N) is 2. The Bertz CT molecular complexity index is 1080. The maximum atomic E-state index is 12.1. The third kappa shape index (κ3) is 5.11. The number of benzene rings is 2. The van der Waals surface area contributed by atoms with Gasteiger partial charge in [0.15, 0.2) is 0 Å². The fraction of sp³-hybridized carbons (Fsp3) is 0.143. The summed E-state index contributed by atoms with van der Waals surface area (Å²) in [6.45, 7) is 1.90. The molecule has 2 N–H and O–H groups in total. The van der Waals surface area contributed by atoms with Gasteiger partial charge in [-0.25, -0.2) is 15.2 Å². The van der Waals surface area contributed by atoms with Crippen molar-refractivity contribution in [2.24, 2.45) is 5.10 Å². The lowest BCUT2D eigenvalue weighted by Gasteiger charge is -2.10. The number of carboxylic acid groups (broad SMARTS) is 1. The molecule has 0 bridgehead atoms. The maximum Gasteiger partial charge on any atom is 0.335 e. The number of nitrogens with one attached hydrogen (secondary N) is 1. The number of fused-ring (bicyclic) bond motifs is 1. The van der Waals surface area contributed by atoms with Crippen molar-refractivity contribution in [3.8, 4) is 5.75 Å². The summed E-state index contributed by atoms with van der Waals surface area (Å²) in [7, 11) is 1.60. The molecular formula is C21H19N3O4S. The van der Waals surface area contributed by atoms with Crippen LogP contribution in [0.5, 0.6) is 5.75 Å². The standard InChI is InChI=1S/C21H19N3O4S/c1-13-10-18(16-4-3-5-17(28-2)20(16)23-13)29-12-19(25)24-22-11-14-6-8-15(9-7-14)21(26)27/h3-11H,12H2,1-2H3,(H,24,25)(H,26,27). The Hall–Kier alpha value is -3.39. The Morgan fingerprint density at radius 1 is 1.24 bits per heavy atom. The molecule has 0 saturated carbocycles. The molecule has 7 nitrogen and oxygen atoms in total. The summed E-state index contributed by atoms with van der Waals surface area (Å²) in [6.07, 6.45) is 1.46. The van der Waals surface area contributed by atoms with Crippen molar-refractivity contribution in [3.05, 3.63) is 65.4 Å². The van der Waals surface area contributed by atoms with Gasteiger partial charge in [-0.2, -0.15) is 5.10 Å². The van der Waals surface area contributed by atoms with Crippen LogP contribution in [0.1, 0.15) is 21.6 Å². The molecule has 0 radical (unpaired) electrons. The normalized spacial score (nSPS) is 11.0. The van der Waals surface area contributed by atoms with E-state index in [1.165, 1.54) is 30.1 Å². The number of hydrogen-bond acceptors (Lipinski definition) is 6. The third-order valence-corrected chi connectivity index (χ3v) is 5.09. The smallest absolute Gasteiger partial charge is 0.335 e. The summed E-state index contributed by atoms with van der Waals surface area (Å²) in [5, 5.41) is 13.7. The molecule has 3 rings (SSSR count). The fourth-order valence-electron chi connectivity index (χ4n) is 2.66. The number of aromatic nitrogens is 1. The largest absolute Gasteiger partial charge is 0.494 e. The second-order valence-electron chi connectivity index (χ2n) is 6.13. The molecule has 8 heteroatoms. The lowest BCUT2D eigenvalue weighted by molar-refractivity contribution is -0.118. The highest BCUT2D eigenvalue weighted by molar-refractivity contribution is 8.00. The number of ether oxygens (including phenoxy) is 1. The molecule has 0 fully saturated rings. The molecule has 0 aliphatic heterocycles. The lowest BCUT2D eigenvalue weighted by atomic mass is 10.1. The van der Waals surface area contributed by atoms with Crippen molar-refractivity contribution in [3.63, 3.8) is 0 Å². The molecule has 0 aliphatic carbocycles. The molecule has 1 aromatic heterocycles. The number of hydrogen-bond donors (Lipinski definition) is 2. The van der Waals surface area contributed by atoms with Crippen LogP contribution in [0, 0.1) is 6.92 Å². The summed E-state index contributed by atoms with van der Waals surface area (Å²) in [5.74, 6) is -0.365. The minimum atomic E-state index is -0.990. The van der Waals surface area contributed by atoms with Crippen molar-refractivity contribution in [2.75, 3.05) is 12.9 Å². The molecular weight excluding hydrogens is 390 g/mol. The number of amides is 1. The van der Waals surface area contributed by atoms with Gasteiger partial charge < -0.3 is 9.84 Å². The van der Waals surface area contributed by atoms with Crippen LogP contribution in [0.4, 0.5) is 0 Å². The molecule has 0 aliphatic rings. The van der Waals surface area contributed by atoms with Gasteiger partial charge in [-0.3, -0.25) is 4.79 Å². The van der Waals surface area contributed by atoms with Gasteiger partial charge in [0.25, 0.3) is 0 Å². The quantitative estimate of drug-likeness (QED) is 0.352. The molecule has 0 unspecified atom stereocenters. The van der Waals surface area contributed by atoms with E-state index >= 15 is 0 Å². The van der Waals surface area contributed by atoms with Crippen molar-refractivity contribution in [1.29, 1.82) is 0 Å². The average Bonchev–Trinajstić information content (AvgIpc) is 2.72. The van der Waals surface area contributed by atoms with Crippen LogP contribution in [0.3, 0.4) is 0 Å². The SMILES string of the molecule is COc1cccc2c(SCC(=O)NN=Cc3ccc(C(=O)O)cc3)cc(C)nc12. The Balaban J connectivity index is 1.63. The number of carboxylic acids is 1. The van der Waals surface area contributed by atoms with Gasteiger partial charge in [0.05, 0.1) is 24.6 Å². The predicted molar refractivity (Wildman–Crippen MR) is 113 cm³/mol. The summed E-state index contributed by atoms with van der Waals surface area (Å²) in [5.41, 5.74) is 4.96. The Labute approximate surface area is 171 Å². The first-order valence-electron chi connectivity index (χ1n) is 8.70. The first-order chi connectivity index (χ1) is 14.0. The topological polar surface area (TPSA) is 101 Å². The number of aryl methyl sites for hydroxylation is 1. The van der Waals surface area contributed by atoms with Gasteiger partial charge in [-0.15, -0.1) is 11.8 Å². The number of carbonyl (C=O) groups is 2. The monoisotopic (exact) mass is 409 g/mol. The minimum Gasteiger partial charge on any atom is -0.494 e. The minimum absolute atomic E-state index is 0.186. The van der Waals surface area contributed by atoms with Gasteiger partial charge >= 0.3 is 5.97 Å². The van der Waals surface area contributed by atoms with E-state index in [1.54, 1.807) is 19.2 Å². The first kappa shape index (κ1) is 20.3. The summed E-state index contributed by atoms with van der Waals surface area (Å²) in [4.78, 5) is 28.4. The second-order valence-corrected chi connectivity index (χ2v) is 7.14. The molecule has 2 aromatic carbocycles. The van der Waals surface area contributed by atoms with Gasteiger partial charge in [0.1, 0.15) is 11.3 Å². The van der Waals surface area contributed by atoms with E-state index in [1.807, 2.05) is 31.2 Å². The predicted octanol–water partition coefficient (Wildman–Crippen LogP) is 3.49. The van der Waals surface area contributed by atoms with Crippen molar-refractivity contribution in [2.45, 2.75) is 11.8 Å². The van der Waals surface area contributed by atoms with Gasteiger partial charge in [0, 0.05) is 16.0 Å². The number of thioether (sulfide) groups is 1. The van der Waals surface area contributed by atoms with Crippen molar-refractivity contribution < 1.29 is 19.4 Å². The summed E-state index contributed by atoms with van der Waals surface area (Å²) in [6, 6.07) is 13.8. The number of para-hydroxylation sites is 1. The zero-order valence-corrected chi connectivity index (χ0v) is 16.7. The molecule has 1 amide bonds. The maximum absolute atomic E-state index is 12.1. The zero-order chi connectivity index (χ0) is 20.8. The first-order valence-corrected chi connectivity index (χ1v) is 9.69. The van der Waals surface area contributed by atoms with Crippen LogP contribution >= 0.6 is 11.8 Å². The van der Waals surface area contributed by atoms with Gasteiger partial charge in [0.2, 0.25) is 5.91 Å². The molecule has 29 heavy (non-hydrogen) atoms. The van der Waals surface area contributed by atoms with Crippen molar-refractivity contribution in [1.82, 2.24) is 10.4 Å². The molecule has 3 aromatic rings. The van der Waals surface area contributed by atoms with E-state index in [2.05, 4.69) is 15.5 Å². The fourth-order valence-corrected chi connectivity index (χ4v) is 3.59. The molecule has 148 valence electrons. The summed E-state index contributed by atoms with van der Waals surface area (Å²) >= 11 is 1.40. The van der Waals surface area contributed by atoms with Crippen LogP contribution in [0.2, 0.25) is 0 Å². The molecule has 0 spiro atoms. The van der Waals surface area contributed by atoms with E-state index < -0.39 is 5.97 Å². The Morgan fingerprint density at radius 3 is 2.69 bits per heavy atom. The van der Waals surface area contributed by atoms with E-state index in [4.69, 9.17) is 9.84 Å². The summed E-state index contributed by atoms with van der Waals surface area (Å²) < 4.78 is 5.38. The number of hydrazone groups is 1. The third-order valence-electron chi connectivity index (χ3n) is 4.03. The van der Waals surface area contributed by atoms with E-state index in [0.717, 1.165) is 21.5 Å². The highest BCUT2D eigenvalue weighted by atomic mass is 32.2. The zero-order valence-electron chi connectivity index (χ0n) is 15.9. The van der Waals surface area contributed by atoms with Crippen LogP contribution in [-0.2, 0) is 4.79 Å². The number of carbonyl (C=O) groups excluding carboxylic acids is 1. The van der Waals surface area contributed by atoms with E-state index in [0.29, 0.717) is 11.3 Å². The lowest BCUT2D eigenvalue weighted by Crippen LogP contribution is -2.19. The molecule has 0 saturated heterocycles. The highest BCUT2D eigenvalue weighted by Gasteiger charge is 2.10. The number of pyridine rings is 1. The van der Waals surface area contributed by atoms with Crippen LogP contribution in [0.25, 0.3) is 10.9 Å². The number of rotatable bonds is 7. The van der Waals surface area contributed by atoms with Gasteiger partial charge in [-0.05, 0) is 36.8 Å².